The van der Waals surface area contributed by atoms with Crippen LogP contribution in [-0.4, -0.2) is 46.5 Å². The minimum Gasteiger partial charge on any atom is -0.384 e. The van der Waals surface area contributed by atoms with E-state index in [1.54, 1.807) is 7.11 Å². The van der Waals surface area contributed by atoms with Gasteiger partial charge in [-0.3, -0.25) is 4.90 Å². The van der Waals surface area contributed by atoms with Crippen LogP contribution in [-0.2, 0) is 18.3 Å². The van der Waals surface area contributed by atoms with Gasteiger partial charge in [-0.2, -0.15) is 0 Å². The Morgan fingerprint density at radius 2 is 2.05 bits per heavy atom. The van der Waals surface area contributed by atoms with Crippen molar-refractivity contribution in [3.63, 3.8) is 0 Å². The molecule has 0 aliphatic carbocycles. The van der Waals surface area contributed by atoms with E-state index >= 15 is 0 Å². The third kappa shape index (κ3) is 3.36. The van der Waals surface area contributed by atoms with Crippen LogP contribution >= 0.6 is 0 Å². The summed E-state index contributed by atoms with van der Waals surface area (Å²) in [6.45, 7) is 3.93. The molecular formula is C17H24N4O. The minimum absolute atomic E-state index is 0.639. The normalized spacial score (nSPS) is 19.5. The molecule has 22 heavy (non-hydrogen) atoms. The number of hydrogen-bond donors (Lipinski definition) is 0. The van der Waals surface area contributed by atoms with Gasteiger partial charge in [0.1, 0.15) is 5.82 Å². The summed E-state index contributed by atoms with van der Waals surface area (Å²) >= 11 is 0. The molecule has 1 saturated heterocycles. The number of hydrogen-bond acceptors (Lipinski definition) is 4. The number of ether oxygens (including phenoxy) is 1. The summed E-state index contributed by atoms with van der Waals surface area (Å²) in [7, 11) is 3.84. The molecule has 1 atom stereocenters. The van der Waals surface area contributed by atoms with E-state index in [2.05, 4.69) is 31.8 Å². The van der Waals surface area contributed by atoms with Gasteiger partial charge in [0.15, 0.2) is 5.82 Å². The van der Waals surface area contributed by atoms with E-state index in [0.717, 1.165) is 43.5 Å². The zero-order chi connectivity index (χ0) is 15.4. The molecule has 0 N–H and O–H groups in total. The van der Waals surface area contributed by atoms with Crippen LogP contribution in [0.15, 0.2) is 30.3 Å². The second kappa shape index (κ2) is 7.03. The molecule has 0 bridgehead atoms. The number of piperidine rings is 1. The fourth-order valence-electron chi connectivity index (χ4n) is 3.20. The highest BCUT2D eigenvalue weighted by Gasteiger charge is 2.21. The summed E-state index contributed by atoms with van der Waals surface area (Å²) in [5.41, 5.74) is 1.11. The van der Waals surface area contributed by atoms with Crippen LogP contribution in [0.2, 0.25) is 0 Å². The van der Waals surface area contributed by atoms with E-state index in [1.165, 1.54) is 12.8 Å². The number of rotatable bonds is 5. The van der Waals surface area contributed by atoms with Gasteiger partial charge in [0, 0.05) is 26.3 Å². The third-order valence-electron chi connectivity index (χ3n) is 4.37. The zero-order valence-electron chi connectivity index (χ0n) is 13.4. The summed E-state index contributed by atoms with van der Waals surface area (Å²) in [5.74, 6) is 2.60. The molecule has 0 saturated carbocycles. The number of benzene rings is 1. The molecule has 1 fully saturated rings. The van der Waals surface area contributed by atoms with Crippen molar-refractivity contribution in [2.24, 2.45) is 13.0 Å². The molecule has 0 radical (unpaired) electrons. The first-order valence-corrected chi connectivity index (χ1v) is 7.93. The average molecular weight is 300 g/mol. The van der Waals surface area contributed by atoms with E-state index in [1.807, 2.05) is 25.2 Å². The van der Waals surface area contributed by atoms with Crippen LogP contribution in [0.1, 0.15) is 18.7 Å². The van der Waals surface area contributed by atoms with Gasteiger partial charge >= 0.3 is 0 Å². The predicted molar refractivity (Wildman–Crippen MR) is 86.3 cm³/mol. The summed E-state index contributed by atoms with van der Waals surface area (Å²) in [6, 6.07) is 10.2. The van der Waals surface area contributed by atoms with Crippen LogP contribution in [0.4, 0.5) is 0 Å². The van der Waals surface area contributed by atoms with Crippen molar-refractivity contribution in [1.29, 1.82) is 0 Å². The molecule has 0 spiro atoms. The summed E-state index contributed by atoms with van der Waals surface area (Å²) in [6.07, 6.45) is 2.50. The van der Waals surface area contributed by atoms with Crippen molar-refractivity contribution in [3.8, 4) is 11.4 Å². The van der Waals surface area contributed by atoms with Gasteiger partial charge in [-0.25, -0.2) is 0 Å². The quantitative estimate of drug-likeness (QED) is 0.850. The molecule has 118 valence electrons. The first kappa shape index (κ1) is 15.2. The molecule has 2 heterocycles. The van der Waals surface area contributed by atoms with E-state index in [-0.39, 0.29) is 0 Å². The van der Waals surface area contributed by atoms with Crippen molar-refractivity contribution >= 4 is 0 Å². The molecular weight excluding hydrogens is 276 g/mol. The van der Waals surface area contributed by atoms with Gasteiger partial charge in [-0.1, -0.05) is 30.3 Å². The topological polar surface area (TPSA) is 43.2 Å². The second-order valence-corrected chi connectivity index (χ2v) is 6.06. The maximum Gasteiger partial charge on any atom is 0.163 e. The van der Waals surface area contributed by atoms with Crippen molar-refractivity contribution in [2.75, 3.05) is 26.8 Å². The summed E-state index contributed by atoms with van der Waals surface area (Å²) in [5, 5.41) is 8.77. The molecule has 3 rings (SSSR count). The first-order chi connectivity index (χ1) is 10.8. The van der Waals surface area contributed by atoms with Crippen LogP contribution < -0.4 is 0 Å². The van der Waals surface area contributed by atoms with E-state index in [4.69, 9.17) is 4.74 Å². The molecule has 2 aromatic rings. The Labute approximate surface area is 131 Å². The lowest BCUT2D eigenvalue weighted by Gasteiger charge is -2.31. The average Bonchev–Trinajstić information content (AvgIpc) is 2.90. The Morgan fingerprint density at radius 3 is 2.82 bits per heavy atom. The second-order valence-electron chi connectivity index (χ2n) is 6.06. The zero-order valence-corrected chi connectivity index (χ0v) is 13.4. The highest BCUT2D eigenvalue weighted by molar-refractivity contribution is 5.54. The Balaban J connectivity index is 1.70. The molecule has 0 amide bonds. The largest absolute Gasteiger partial charge is 0.384 e. The highest BCUT2D eigenvalue weighted by Crippen LogP contribution is 2.20. The standard InChI is InChI=1S/C17H24N4O/c1-20-16(12-21-10-6-7-14(11-21)13-22-2)18-19-17(20)15-8-4-3-5-9-15/h3-5,8-9,14H,6-7,10-13H2,1-2H3. The Hall–Kier alpha value is -1.72. The Morgan fingerprint density at radius 1 is 1.23 bits per heavy atom. The maximum absolute atomic E-state index is 5.31. The molecule has 1 aromatic heterocycles. The molecule has 1 aromatic carbocycles. The lowest BCUT2D eigenvalue weighted by molar-refractivity contribution is 0.0857. The van der Waals surface area contributed by atoms with Gasteiger partial charge in [0.25, 0.3) is 0 Å². The number of methoxy groups -OCH3 is 1. The van der Waals surface area contributed by atoms with E-state index in [0.29, 0.717) is 5.92 Å². The van der Waals surface area contributed by atoms with Crippen LogP contribution in [0.3, 0.4) is 0 Å². The third-order valence-corrected chi connectivity index (χ3v) is 4.37. The monoisotopic (exact) mass is 300 g/mol. The molecule has 5 heteroatoms. The SMILES string of the molecule is COCC1CCCN(Cc2nnc(-c3ccccc3)n2C)C1. The smallest absolute Gasteiger partial charge is 0.163 e. The lowest BCUT2D eigenvalue weighted by atomic mass is 9.99. The van der Waals surface area contributed by atoms with E-state index in [9.17, 15) is 0 Å². The van der Waals surface area contributed by atoms with Crippen LogP contribution in [0.5, 0.6) is 0 Å². The number of likely N-dealkylation sites (tertiary alicyclic amines) is 1. The Kier molecular flexibility index (Phi) is 4.85. The summed E-state index contributed by atoms with van der Waals surface area (Å²) < 4.78 is 7.41. The minimum atomic E-state index is 0.639. The van der Waals surface area contributed by atoms with E-state index < -0.39 is 0 Å². The van der Waals surface area contributed by atoms with Crippen molar-refractivity contribution < 1.29 is 4.74 Å². The Bertz CT molecular complexity index is 594. The van der Waals surface area contributed by atoms with Crippen molar-refractivity contribution in [3.05, 3.63) is 36.2 Å². The number of aromatic nitrogens is 3. The van der Waals surface area contributed by atoms with Gasteiger partial charge < -0.3 is 9.30 Å². The first-order valence-electron chi connectivity index (χ1n) is 7.93. The van der Waals surface area contributed by atoms with Crippen LogP contribution in [0.25, 0.3) is 11.4 Å². The molecule has 1 unspecified atom stereocenters. The summed E-state index contributed by atoms with van der Waals surface area (Å²) in [4.78, 5) is 2.46. The fourth-order valence-corrected chi connectivity index (χ4v) is 3.20. The molecule has 5 nitrogen and oxygen atoms in total. The van der Waals surface area contributed by atoms with Gasteiger partial charge in [0.2, 0.25) is 0 Å². The van der Waals surface area contributed by atoms with Gasteiger partial charge in [0.05, 0.1) is 13.2 Å². The highest BCUT2D eigenvalue weighted by atomic mass is 16.5. The molecule has 1 aliphatic heterocycles. The van der Waals surface area contributed by atoms with Crippen molar-refractivity contribution in [2.45, 2.75) is 19.4 Å². The molecule has 1 aliphatic rings. The number of nitrogens with zero attached hydrogens (tertiary/aromatic N) is 4. The van der Waals surface area contributed by atoms with Crippen molar-refractivity contribution in [1.82, 2.24) is 19.7 Å². The maximum atomic E-state index is 5.31. The lowest BCUT2D eigenvalue weighted by Crippen LogP contribution is -2.37. The van der Waals surface area contributed by atoms with Gasteiger partial charge in [-0.05, 0) is 25.3 Å². The fraction of sp³-hybridized carbons (Fsp3) is 0.529. The van der Waals surface area contributed by atoms with Crippen LogP contribution in [0, 0.1) is 5.92 Å². The predicted octanol–water partition coefficient (Wildman–Crippen LogP) is 2.34. The van der Waals surface area contributed by atoms with Gasteiger partial charge in [-0.15, -0.1) is 10.2 Å².